The van der Waals surface area contributed by atoms with Crippen molar-refractivity contribution in [2.45, 2.75) is 20.3 Å². The third-order valence-electron chi connectivity index (χ3n) is 2.75. The van der Waals surface area contributed by atoms with Crippen molar-refractivity contribution in [2.75, 3.05) is 18.0 Å². The van der Waals surface area contributed by atoms with Crippen LogP contribution in [0.3, 0.4) is 0 Å². The molecule has 1 rings (SSSR count). The number of aryl methyl sites for hydroxylation is 1. The van der Waals surface area contributed by atoms with Crippen LogP contribution in [0, 0.1) is 6.92 Å². The van der Waals surface area contributed by atoms with Crippen LogP contribution >= 0.6 is 0 Å². The van der Waals surface area contributed by atoms with Crippen LogP contribution in [-0.4, -0.2) is 24.9 Å². The van der Waals surface area contributed by atoms with E-state index < -0.39 is 0 Å². The van der Waals surface area contributed by atoms with Gasteiger partial charge in [-0.25, -0.2) is 0 Å². The maximum Gasteiger partial charge on any atom is 0.243 e. The largest absolute Gasteiger partial charge is 0.352 e. The number of benzene rings is 1. The first-order valence-corrected chi connectivity index (χ1v) is 6.35. The van der Waals surface area contributed by atoms with Crippen LogP contribution in [0.5, 0.6) is 0 Å². The molecule has 0 bridgehead atoms. The van der Waals surface area contributed by atoms with E-state index in [1.54, 1.807) is 4.90 Å². The number of carbonyl (C=O) groups excluding carboxylic acids is 2. The van der Waals surface area contributed by atoms with Crippen LogP contribution in [0.1, 0.15) is 18.9 Å². The van der Waals surface area contributed by atoms with Crippen LogP contribution in [-0.2, 0) is 9.59 Å². The van der Waals surface area contributed by atoms with E-state index in [4.69, 9.17) is 0 Å². The Morgan fingerprint density at radius 2 is 2.16 bits per heavy atom. The molecule has 0 spiro atoms. The van der Waals surface area contributed by atoms with E-state index in [0.29, 0.717) is 13.1 Å². The summed E-state index contributed by atoms with van der Waals surface area (Å²) in [7, 11) is 0. The fourth-order valence-corrected chi connectivity index (χ4v) is 1.80. The smallest absolute Gasteiger partial charge is 0.243 e. The molecule has 4 nitrogen and oxygen atoms in total. The Hall–Kier alpha value is -2.10. The van der Waals surface area contributed by atoms with Crippen molar-refractivity contribution in [3.63, 3.8) is 0 Å². The number of amides is 2. The molecular formula is C15H20N2O2. The molecule has 1 aromatic rings. The van der Waals surface area contributed by atoms with Gasteiger partial charge in [0.2, 0.25) is 11.8 Å². The molecule has 0 heterocycles. The lowest BCUT2D eigenvalue weighted by Crippen LogP contribution is -2.34. The number of hydrogen-bond acceptors (Lipinski definition) is 2. The second kappa shape index (κ2) is 7.36. The van der Waals surface area contributed by atoms with Gasteiger partial charge in [-0.1, -0.05) is 18.7 Å². The Morgan fingerprint density at radius 3 is 2.74 bits per heavy atom. The maximum atomic E-state index is 12.1. The average Bonchev–Trinajstić information content (AvgIpc) is 2.39. The molecule has 0 aliphatic heterocycles. The first-order valence-electron chi connectivity index (χ1n) is 6.35. The first-order chi connectivity index (χ1) is 9.08. The Labute approximate surface area is 114 Å². The number of carbonyl (C=O) groups is 2. The zero-order valence-electron chi connectivity index (χ0n) is 11.5. The highest BCUT2D eigenvalue weighted by Crippen LogP contribution is 2.16. The van der Waals surface area contributed by atoms with E-state index in [2.05, 4.69) is 11.9 Å². The van der Waals surface area contributed by atoms with Gasteiger partial charge < -0.3 is 10.2 Å². The molecule has 0 fully saturated rings. The van der Waals surface area contributed by atoms with Gasteiger partial charge in [0.1, 0.15) is 0 Å². The third-order valence-corrected chi connectivity index (χ3v) is 2.75. The average molecular weight is 260 g/mol. The van der Waals surface area contributed by atoms with E-state index in [-0.39, 0.29) is 18.2 Å². The summed E-state index contributed by atoms with van der Waals surface area (Å²) in [4.78, 5) is 24.8. The number of hydrogen-bond donors (Lipinski definition) is 1. The molecule has 102 valence electrons. The second-order valence-electron chi connectivity index (χ2n) is 4.22. The monoisotopic (exact) mass is 260 g/mol. The highest BCUT2D eigenvalue weighted by atomic mass is 16.2. The van der Waals surface area contributed by atoms with Crippen LogP contribution in [0.4, 0.5) is 5.69 Å². The van der Waals surface area contributed by atoms with Crippen molar-refractivity contribution in [1.82, 2.24) is 5.32 Å². The highest BCUT2D eigenvalue weighted by molar-refractivity contribution is 5.94. The molecule has 19 heavy (non-hydrogen) atoms. The number of rotatable bonds is 6. The van der Waals surface area contributed by atoms with E-state index >= 15 is 0 Å². The fraction of sp³-hybridized carbons (Fsp3) is 0.333. The van der Waals surface area contributed by atoms with E-state index in [0.717, 1.165) is 11.3 Å². The van der Waals surface area contributed by atoms with Crippen molar-refractivity contribution in [1.29, 1.82) is 0 Å². The van der Waals surface area contributed by atoms with Gasteiger partial charge in [0.15, 0.2) is 0 Å². The molecule has 0 atom stereocenters. The summed E-state index contributed by atoms with van der Waals surface area (Å²) in [6.07, 6.45) is 1.48. The minimum absolute atomic E-state index is 0.00235. The highest BCUT2D eigenvalue weighted by Gasteiger charge is 2.13. The van der Waals surface area contributed by atoms with Gasteiger partial charge in [-0.05, 0) is 37.6 Å². The van der Waals surface area contributed by atoms with Gasteiger partial charge >= 0.3 is 0 Å². The predicted octanol–water partition coefficient (Wildman–Crippen LogP) is 2.04. The molecule has 4 heteroatoms. The minimum atomic E-state index is -0.258. The van der Waals surface area contributed by atoms with Crippen LogP contribution in [0.2, 0.25) is 0 Å². The molecule has 0 saturated carbocycles. The zero-order chi connectivity index (χ0) is 14.3. The standard InChI is InChI=1S/C15H20N2O2/c1-4-14(18)16-10-9-15(19)17(5-2)13-8-6-7-12(3)11-13/h4,6-8,11H,1,5,9-10H2,2-3H3,(H,16,18). The minimum Gasteiger partial charge on any atom is -0.352 e. The molecule has 0 aliphatic rings. The number of nitrogens with one attached hydrogen (secondary N) is 1. The maximum absolute atomic E-state index is 12.1. The van der Waals surface area contributed by atoms with Gasteiger partial charge in [-0.3, -0.25) is 9.59 Å². The van der Waals surface area contributed by atoms with E-state index in [1.165, 1.54) is 6.08 Å². The number of nitrogens with zero attached hydrogens (tertiary/aromatic N) is 1. The van der Waals surface area contributed by atoms with E-state index in [1.807, 2.05) is 38.1 Å². The van der Waals surface area contributed by atoms with Crippen LogP contribution in [0.15, 0.2) is 36.9 Å². The summed E-state index contributed by atoms with van der Waals surface area (Å²) >= 11 is 0. The molecule has 0 saturated heterocycles. The first kappa shape index (κ1) is 15.0. The summed E-state index contributed by atoms with van der Waals surface area (Å²) in [6, 6.07) is 7.81. The van der Waals surface area contributed by atoms with Crippen molar-refractivity contribution in [3.8, 4) is 0 Å². The molecular weight excluding hydrogens is 240 g/mol. The molecule has 1 aromatic carbocycles. The lowest BCUT2D eigenvalue weighted by molar-refractivity contribution is -0.119. The molecule has 2 amide bonds. The van der Waals surface area contributed by atoms with Crippen molar-refractivity contribution in [3.05, 3.63) is 42.5 Å². The Kier molecular flexibility index (Phi) is 5.79. The lowest BCUT2D eigenvalue weighted by Gasteiger charge is -2.21. The quantitative estimate of drug-likeness (QED) is 0.796. The second-order valence-corrected chi connectivity index (χ2v) is 4.22. The van der Waals surface area contributed by atoms with Gasteiger partial charge in [0.25, 0.3) is 0 Å². The van der Waals surface area contributed by atoms with Gasteiger partial charge in [0, 0.05) is 25.2 Å². The molecule has 0 aliphatic carbocycles. The van der Waals surface area contributed by atoms with Gasteiger partial charge in [0.05, 0.1) is 0 Å². The van der Waals surface area contributed by atoms with E-state index in [9.17, 15) is 9.59 Å². The Bertz CT molecular complexity index is 469. The summed E-state index contributed by atoms with van der Waals surface area (Å²) in [5.74, 6) is -0.260. The zero-order valence-corrected chi connectivity index (χ0v) is 11.5. The van der Waals surface area contributed by atoms with Crippen LogP contribution < -0.4 is 10.2 Å². The predicted molar refractivity (Wildman–Crippen MR) is 77.0 cm³/mol. The van der Waals surface area contributed by atoms with Crippen molar-refractivity contribution < 1.29 is 9.59 Å². The van der Waals surface area contributed by atoms with Crippen LogP contribution in [0.25, 0.3) is 0 Å². The van der Waals surface area contributed by atoms with Gasteiger partial charge in [-0.2, -0.15) is 0 Å². The van der Waals surface area contributed by atoms with Crippen molar-refractivity contribution in [2.24, 2.45) is 0 Å². The molecule has 0 unspecified atom stereocenters. The topological polar surface area (TPSA) is 49.4 Å². The fourth-order valence-electron chi connectivity index (χ4n) is 1.80. The third kappa shape index (κ3) is 4.58. The Morgan fingerprint density at radius 1 is 1.42 bits per heavy atom. The summed E-state index contributed by atoms with van der Waals surface area (Å²) in [6.45, 7) is 8.22. The summed E-state index contributed by atoms with van der Waals surface area (Å²) < 4.78 is 0. The molecule has 0 radical (unpaired) electrons. The molecule has 0 aromatic heterocycles. The summed E-state index contributed by atoms with van der Waals surface area (Å²) in [5, 5.41) is 2.60. The lowest BCUT2D eigenvalue weighted by atomic mass is 10.2. The Balaban J connectivity index is 2.62. The molecule has 1 N–H and O–H groups in total. The number of anilines is 1. The van der Waals surface area contributed by atoms with Gasteiger partial charge in [-0.15, -0.1) is 0 Å². The normalized spacial score (nSPS) is 9.79. The summed E-state index contributed by atoms with van der Waals surface area (Å²) in [5.41, 5.74) is 2.01. The SMILES string of the molecule is C=CC(=O)NCCC(=O)N(CC)c1cccc(C)c1. The van der Waals surface area contributed by atoms with Crippen molar-refractivity contribution >= 4 is 17.5 Å².